The summed E-state index contributed by atoms with van der Waals surface area (Å²) in [5, 5.41) is 6.27. The highest BCUT2D eigenvalue weighted by Crippen LogP contribution is 2.22. The largest absolute Gasteiger partial charge is 0.447 e. The predicted octanol–water partition coefficient (Wildman–Crippen LogP) is 4.12. The summed E-state index contributed by atoms with van der Waals surface area (Å²) >= 11 is 13.6. The number of cyclic esters (lactones) is 1. The smallest absolute Gasteiger partial charge is 0.414 e. The fourth-order valence-corrected chi connectivity index (χ4v) is 4.15. The quantitative estimate of drug-likeness (QED) is 0.546. The molecule has 1 saturated heterocycles. The average molecular weight is 496 g/mol. The molecule has 1 unspecified atom stereocenters. The van der Waals surface area contributed by atoms with Crippen molar-refractivity contribution < 1.29 is 19.1 Å². The van der Waals surface area contributed by atoms with Crippen molar-refractivity contribution in [2.75, 3.05) is 30.1 Å². The molecule has 0 spiro atoms. The SMILES string of the molecule is CSCCC(NC(=O)c1ccc(Cl)cc1Cl)C(=O)NCc1cccc(N2CCOC2=O)c1. The first-order valence-corrected chi connectivity index (χ1v) is 12.1. The Labute approximate surface area is 200 Å². The number of carbonyl (C=O) groups is 3. The third-order valence-electron chi connectivity index (χ3n) is 4.86. The normalized spacial score (nSPS) is 14.1. The summed E-state index contributed by atoms with van der Waals surface area (Å²) in [6.45, 7) is 1.10. The summed E-state index contributed by atoms with van der Waals surface area (Å²) in [5.41, 5.74) is 1.79. The van der Waals surface area contributed by atoms with Crippen molar-refractivity contribution in [1.29, 1.82) is 0 Å². The second-order valence-corrected chi connectivity index (χ2v) is 8.91. The average Bonchev–Trinajstić information content (AvgIpc) is 3.20. The van der Waals surface area contributed by atoms with Gasteiger partial charge in [-0.25, -0.2) is 4.79 Å². The van der Waals surface area contributed by atoms with Crippen LogP contribution in [0.4, 0.5) is 10.5 Å². The van der Waals surface area contributed by atoms with Crippen LogP contribution in [0.25, 0.3) is 0 Å². The van der Waals surface area contributed by atoms with Gasteiger partial charge in [-0.2, -0.15) is 11.8 Å². The molecule has 2 aromatic carbocycles. The molecule has 0 saturated carbocycles. The van der Waals surface area contributed by atoms with Crippen LogP contribution < -0.4 is 15.5 Å². The van der Waals surface area contributed by atoms with E-state index in [1.165, 1.54) is 12.1 Å². The number of hydrogen-bond acceptors (Lipinski definition) is 5. The number of benzene rings is 2. The molecule has 2 aromatic rings. The zero-order chi connectivity index (χ0) is 23.1. The molecule has 0 radical (unpaired) electrons. The minimum absolute atomic E-state index is 0.219. The molecule has 1 atom stereocenters. The molecule has 1 aliphatic heterocycles. The van der Waals surface area contributed by atoms with E-state index < -0.39 is 11.9 Å². The van der Waals surface area contributed by atoms with Gasteiger partial charge in [0.1, 0.15) is 12.6 Å². The van der Waals surface area contributed by atoms with Crippen LogP contribution in [0.3, 0.4) is 0 Å². The minimum Gasteiger partial charge on any atom is -0.447 e. The number of thioether (sulfide) groups is 1. The number of amides is 3. The Kier molecular flexibility index (Phi) is 8.67. The predicted molar refractivity (Wildman–Crippen MR) is 128 cm³/mol. The number of rotatable bonds is 9. The number of hydrogen-bond donors (Lipinski definition) is 2. The molecule has 0 aliphatic carbocycles. The molecule has 0 bridgehead atoms. The first kappa shape index (κ1) is 24.2. The van der Waals surface area contributed by atoms with E-state index in [0.717, 1.165) is 5.56 Å². The molecule has 170 valence electrons. The van der Waals surface area contributed by atoms with E-state index in [1.54, 1.807) is 22.7 Å². The molecular weight excluding hydrogens is 473 g/mol. The second kappa shape index (κ2) is 11.4. The highest BCUT2D eigenvalue weighted by atomic mass is 35.5. The summed E-state index contributed by atoms with van der Waals surface area (Å²) in [7, 11) is 0. The third kappa shape index (κ3) is 6.31. The fourth-order valence-electron chi connectivity index (χ4n) is 3.19. The van der Waals surface area contributed by atoms with Crippen LogP contribution >= 0.6 is 35.0 Å². The summed E-state index contributed by atoms with van der Waals surface area (Å²) < 4.78 is 4.97. The zero-order valence-corrected chi connectivity index (χ0v) is 19.7. The van der Waals surface area contributed by atoms with Gasteiger partial charge in [0.25, 0.3) is 5.91 Å². The van der Waals surface area contributed by atoms with E-state index in [4.69, 9.17) is 27.9 Å². The maximum Gasteiger partial charge on any atom is 0.414 e. The van der Waals surface area contributed by atoms with Gasteiger partial charge in [0, 0.05) is 17.3 Å². The number of nitrogens with one attached hydrogen (secondary N) is 2. The van der Waals surface area contributed by atoms with E-state index in [1.807, 2.05) is 30.5 Å². The Balaban J connectivity index is 1.64. The maximum atomic E-state index is 12.8. The van der Waals surface area contributed by atoms with Crippen molar-refractivity contribution in [1.82, 2.24) is 10.6 Å². The van der Waals surface area contributed by atoms with Crippen molar-refractivity contribution in [2.24, 2.45) is 0 Å². The number of carbonyl (C=O) groups excluding carboxylic acids is 3. The van der Waals surface area contributed by atoms with E-state index in [9.17, 15) is 14.4 Å². The highest BCUT2D eigenvalue weighted by molar-refractivity contribution is 7.98. The van der Waals surface area contributed by atoms with Gasteiger partial charge < -0.3 is 15.4 Å². The van der Waals surface area contributed by atoms with Crippen molar-refractivity contribution >= 4 is 58.6 Å². The van der Waals surface area contributed by atoms with Crippen LogP contribution in [-0.4, -0.2) is 49.1 Å². The van der Waals surface area contributed by atoms with E-state index in [0.29, 0.717) is 36.0 Å². The number of anilines is 1. The molecule has 1 aliphatic rings. The third-order valence-corrected chi connectivity index (χ3v) is 6.05. The zero-order valence-electron chi connectivity index (χ0n) is 17.4. The molecule has 1 heterocycles. The second-order valence-electron chi connectivity index (χ2n) is 7.09. The van der Waals surface area contributed by atoms with Crippen LogP contribution in [0.2, 0.25) is 10.0 Å². The van der Waals surface area contributed by atoms with Gasteiger partial charge in [-0.15, -0.1) is 0 Å². The van der Waals surface area contributed by atoms with Gasteiger partial charge in [0.2, 0.25) is 5.91 Å². The van der Waals surface area contributed by atoms with E-state index in [-0.39, 0.29) is 29.1 Å². The molecule has 2 N–H and O–H groups in total. The van der Waals surface area contributed by atoms with Gasteiger partial charge in [-0.3, -0.25) is 14.5 Å². The number of ether oxygens (including phenoxy) is 1. The molecule has 10 heteroatoms. The van der Waals surface area contributed by atoms with Crippen LogP contribution in [0.1, 0.15) is 22.3 Å². The van der Waals surface area contributed by atoms with Crippen LogP contribution in [0.15, 0.2) is 42.5 Å². The Hall–Kier alpha value is -2.42. The molecule has 3 rings (SSSR count). The minimum atomic E-state index is -0.724. The van der Waals surface area contributed by atoms with Crippen LogP contribution in [0, 0.1) is 0 Å². The van der Waals surface area contributed by atoms with E-state index in [2.05, 4.69) is 10.6 Å². The Bertz CT molecular complexity index is 1000. The summed E-state index contributed by atoms with van der Waals surface area (Å²) in [4.78, 5) is 38.8. The standard InChI is InChI=1S/C22H23Cl2N3O4S/c1-32-10-7-19(26-20(28)17-6-5-15(23)12-18(17)24)21(29)25-13-14-3-2-4-16(11-14)27-8-9-31-22(27)30/h2-6,11-12,19H,7-10,13H2,1H3,(H,25,29)(H,26,28). The molecule has 7 nitrogen and oxygen atoms in total. The van der Waals surface area contributed by atoms with Crippen molar-refractivity contribution in [3.8, 4) is 0 Å². The summed E-state index contributed by atoms with van der Waals surface area (Å²) in [6.07, 6.45) is 2.01. The van der Waals surface area contributed by atoms with Crippen molar-refractivity contribution in [3.63, 3.8) is 0 Å². The lowest BCUT2D eigenvalue weighted by Gasteiger charge is -2.19. The van der Waals surface area contributed by atoms with Gasteiger partial charge in [-0.1, -0.05) is 35.3 Å². The number of halogens is 2. The van der Waals surface area contributed by atoms with Gasteiger partial charge in [0.05, 0.1) is 17.1 Å². The molecule has 32 heavy (non-hydrogen) atoms. The van der Waals surface area contributed by atoms with Crippen LogP contribution in [0.5, 0.6) is 0 Å². The van der Waals surface area contributed by atoms with Crippen molar-refractivity contribution in [2.45, 2.75) is 19.0 Å². The lowest BCUT2D eigenvalue weighted by molar-refractivity contribution is -0.123. The summed E-state index contributed by atoms with van der Waals surface area (Å²) in [6, 6.07) is 11.2. The maximum absolute atomic E-state index is 12.8. The highest BCUT2D eigenvalue weighted by Gasteiger charge is 2.24. The van der Waals surface area contributed by atoms with Gasteiger partial charge >= 0.3 is 6.09 Å². The Morgan fingerprint density at radius 1 is 1.22 bits per heavy atom. The summed E-state index contributed by atoms with van der Waals surface area (Å²) in [5.74, 6) is -0.0508. The monoisotopic (exact) mass is 495 g/mol. The first-order chi connectivity index (χ1) is 15.4. The van der Waals surface area contributed by atoms with Gasteiger partial charge in [0.15, 0.2) is 0 Å². The van der Waals surface area contributed by atoms with Gasteiger partial charge in [-0.05, 0) is 54.3 Å². The molecular formula is C22H23Cl2N3O4S. The Morgan fingerprint density at radius 2 is 2.03 bits per heavy atom. The fraction of sp³-hybridized carbons (Fsp3) is 0.318. The first-order valence-electron chi connectivity index (χ1n) is 9.95. The molecule has 0 aromatic heterocycles. The lowest BCUT2D eigenvalue weighted by Crippen LogP contribution is -2.47. The molecule has 3 amide bonds. The number of nitrogens with zero attached hydrogens (tertiary/aromatic N) is 1. The van der Waals surface area contributed by atoms with Crippen LogP contribution in [-0.2, 0) is 16.1 Å². The van der Waals surface area contributed by atoms with E-state index >= 15 is 0 Å². The van der Waals surface area contributed by atoms with Crippen molar-refractivity contribution in [3.05, 3.63) is 63.6 Å². The lowest BCUT2D eigenvalue weighted by atomic mass is 10.1. The Morgan fingerprint density at radius 3 is 2.72 bits per heavy atom. The molecule has 1 fully saturated rings. The topological polar surface area (TPSA) is 87.7 Å².